The van der Waals surface area contributed by atoms with Gasteiger partial charge in [-0.1, -0.05) is 25.0 Å². The summed E-state index contributed by atoms with van der Waals surface area (Å²) in [5.74, 6) is 0.866. The fourth-order valence-corrected chi connectivity index (χ4v) is 5.81. The van der Waals surface area contributed by atoms with Crippen LogP contribution in [0.25, 0.3) is 0 Å². The predicted molar refractivity (Wildman–Crippen MR) is 136 cm³/mol. The molecule has 2 heterocycles. The molecule has 1 fully saturated rings. The topological polar surface area (TPSA) is 67.9 Å². The molecule has 6 nitrogen and oxygen atoms in total. The van der Waals surface area contributed by atoms with Gasteiger partial charge < -0.3 is 19.7 Å². The molecule has 1 atom stereocenters. The van der Waals surface area contributed by atoms with Crippen LogP contribution in [-0.4, -0.2) is 37.0 Å². The van der Waals surface area contributed by atoms with Crippen molar-refractivity contribution in [2.24, 2.45) is 0 Å². The van der Waals surface area contributed by atoms with Gasteiger partial charge in [-0.2, -0.15) is 0 Å². The maximum absolute atomic E-state index is 13.8. The number of carbonyl (C=O) groups is 2. The van der Waals surface area contributed by atoms with Crippen LogP contribution in [0.15, 0.2) is 53.2 Å². The normalized spacial score (nSPS) is 14.5. The van der Waals surface area contributed by atoms with E-state index in [2.05, 4.69) is 5.32 Å². The monoisotopic (exact) mass is 498 g/mol. The Morgan fingerprint density at radius 2 is 1.74 bits per heavy atom. The summed E-state index contributed by atoms with van der Waals surface area (Å²) in [6.45, 7) is 0.338. The molecular weight excluding hydrogens is 468 g/mol. The van der Waals surface area contributed by atoms with Crippen molar-refractivity contribution in [3.63, 3.8) is 0 Å². The summed E-state index contributed by atoms with van der Waals surface area (Å²) in [6, 6.07) is 12.5. The third-order valence-corrected chi connectivity index (χ3v) is 7.86. The lowest BCUT2D eigenvalue weighted by molar-refractivity contribution is -0.141. The number of thiophene rings is 2. The average molecular weight is 499 g/mol. The minimum absolute atomic E-state index is 0.104. The van der Waals surface area contributed by atoms with Gasteiger partial charge >= 0.3 is 0 Å². The van der Waals surface area contributed by atoms with Gasteiger partial charge in [0.1, 0.15) is 17.5 Å². The van der Waals surface area contributed by atoms with Gasteiger partial charge in [0.25, 0.3) is 0 Å². The lowest BCUT2D eigenvalue weighted by Crippen LogP contribution is -2.46. The molecule has 3 aromatic rings. The van der Waals surface area contributed by atoms with Gasteiger partial charge in [-0.25, -0.2) is 0 Å². The van der Waals surface area contributed by atoms with Crippen LogP contribution in [0.4, 0.5) is 0 Å². The first-order valence-electron chi connectivity index (χ1n) is 11.5. The van der Waals surface area contributed by atoms with Crippen LogP contribution in [0, 0.1) is 0 Å². The SMILES string of the molecule is COc1ccc(OC)c([C@H](C(=O)NC2CCCC2)N(Cc2cccs2)C(=O)Cc2cccs2)c1. The molecule has 1 aliphatic carbocycles. The molecule has 34 heavy (non-hydrogen) atoms. The van der Waals surface area contributed by atoms with Gasteiger partial charge in [0.05, 0.1) is 27.2 Å². The average Bonchev–Trinajstić information content (AvgIpc) is 3.63. The van der Waals surface area contributed by atoms with E-state index in [0.717, 1.165) is 35.4 Å². The zero-order valence-electron chi connectivity index (χ0n) is 19.5. The number of amides is 2. The van der Waals surface area contributed by atoms with E-state index < -0.39 is 6.04 Å². The number of ether oxygens (including phenoxy) is 2. The molecule has 0 aliphatic heterocycles. The van der Waals surface area contributed by atoms with E-state index >= 15 is 0 Å². The number of rotatable bonds is 10. The highest BCUT2D eigenvalue weighted by atomic mass is 32.1. The minimum atomic E-state index is -0.847. The molecule has 1 aliphatic rings. The van der Waals surface area contributed by atoms with Crippen molar-refractivity contribution in [2.45, 2.75) is 50.7 Å². The second kappa shape index (κ2) is 11.5. The van der Waals surface area contributed by atoms with E-state index in [-0.39, 0.29) is 24.3 Å². The molecule has 1 saturated carbocycles. The fourth-order valence-electron chi connectivity index (χ4n) is 4.41. The van der Waals surface area contributed by atoms with E-state index in [0.29, 0.717) is 23.6 Å². The van der Waals surface area contributed by atoms with Crippen molar-refractivity contribution in [1.82, 2.24) is 10.2 Å². The lowest BCUT2D eigenvalue weighted by Gasteiger charge is -2.33. The summed E-state index contributed by atoms with van der Waals surface area (Å²) in [5, 5.41) is 7.16. The number of hydrogen-bond donors (Lipinski definition) is 1. The maximum Gasteiger partial charge on any atom is 0.247 e. The molecular formula is C26H30N2O4S2. The quantitative estimate of drug-likeness (QED) is 0.417. The number of carbonyl (C=O) groups excluding carboxylic acids is 2. The summed E-state index contributed by atoms with van der Waals surface area (Å²) < 4.78 is 11.1. The van der Waals surface area contributed by atoms with Crippen LogP contribution >= 0.6 is 22.7 Å². The fraction of sp³-hybridized carbons (Fsp3) is 0.385. The van der Waals surface area contributed by atoms with Crippen LogP contribution < -0.4 is 14.8 Å². The second-order valence-corrected chi connectivity index (χ2v) is 10.4. The molecule has 1 N–H and O–H groups in total. The standard InChI is InChI=1S/C26H30N2O4S2/c1-31-19-11-12-23(32-2)22(15-19)25(26(30)27-18-7-3-4-8-18)28(17-21-10-6-14-34-21)24(29)16-20-9-5-13-33-20/h5-6,9-15,18,25H,3-4,7-8,16-17H2,1-2H3,(H,27,30)/t25-/m1/s1. The Kier molecular flexibility index (Phi) is 8.24. The zero-order valence-corrected chi connectivity index (χ0v) is 21.1. The molecule has 0 unspecified atom stereocenters. The van der Waals surface area contributed by atoms with E-state index in [1.165, 1.54) is 0 Å². The first-order valence-corrected chi connectivity index (χ1v) is 13.2. The Morgan fingerprint density at radius 1 is 1.03 bits per heavy atom. The zero-order chi connectivity index (χ0) is 23.9. The number of nitrogens with one attached hydrogen (secondary N) is 1. The first kappa shape index (κ1) is 24.3. The molecule has 0 saturated heterocycles. The van der Waals surface area contributed by atoms with E-state index in [9.17, 15) is 9.59 Å². The lowest BCUT2D eigenvalue weighted by atomic mass is 10.0. The Balaban J connectivity index is 1.76. The summed E-state index contributed by atoms with van der Waals surface area (Å²) in [4.78, 5) is 31.2. The number of benzene rings is 1. The van der Waals surface area contributed by atoms with Crippen LogP contribution in [0.1, 0.15) is 47.0 Å². The van der Waals surface area contributed by atoms with E-state index in [4.69, 9.17) is 9.47 Å². The summed E-state index contributed by atoms with van der Waals surface area (Å²) >= 11 is 3.11. The minimum Gasteiger partial charge on any atom is -0.497 e. The van der Waals surface area contributed by atoms with Gasteiger partial charge in [0, 0.05) is 21.4 Å². The molecule has 0 radical (unpaired) electrons. The molecule has 2 aromatic heterocycles. The molecule has 1 aromatic carbocycles. The molecule has 0 bridgehead atoms. The third kappa shape index (κ3) is 5.80. The van der Waals surface area contributed by atoms with E-state index in [1.54, 1.807) is 60.0 Å². The Morgan fingerprint density at radius 3 is 2.35 bits per heavy atom. The van der Waals surface area contributed by atoms with Crippen molar-refractivity contribution in [3.05, 3.63) is 68.5 Å². The van der Waals surface area contributed by atoms with Crippen molar-refractivity contribution in [1.29, 1.82) is 0 Å². The van der Waals surface area contributed by atoms with Crippen molar-refractivity contribution >= 4 is 34.5 Å². The van der Waals surface area contributed by atoms with Gasteiger partial charge in [-0.3, -0.25) is 9.59 Å². The first-order chi connectivity index (χ1) is 16.6. The smallest absolute Gasteiger partial charge is 0.247 e. The van der Waals surface area contributed by atoms with Crippen LogP contribution in [0.5, 0.6) is 11.5 Å². The Bertz CT molecular complexity index is 1080. The van der Waals surface area contributed by atoms with Gasteiger partial charge in [0.2, 0.25) is 11.8 Å². The van der Waals surface area contributed by atoms with E-state index in [1.807, 2.05) is 35.0 Å². The number of nitrogens with zero attached hydrogens (tertiary/aromatic N) is 1. The third-order valence-electron chi connectivity index (χ3n) is 6.13. The maximum atomic E-state index is 13.8. The highest BCUT2D eigenvalue weighted by molar-refractivity contribution is 7.10. The molecule has 4 rings (SSSR count). The van der Waals surface area contributed by atoms with Crippen LogP contribution in [-0.2, 0) is 22.6 Å². The van der Waals surface area contributed by atoms with Crippen molar-refractivity contribution < 1.29 is 19.1 Å². The van der Waals surface area contributed by atoms with Crippen molar-refractivity contribution in [2.75, 3.05) is 14.2 Å². The summed E-state index contributed by atoms with van der Waals surface area (Å²) in [7, 11) is 3.17. The molecule has 2 amide bonds. The molecule has 0 spiro atoms. The van der Waals surface area contributed by atoms with Crippen LogP contribution in [0.2, 0.25) is 0 Å². The van der Waals surface area contributed by atoms with Gasteiger partial charge in [-0.05, 0) is 53.9 Å². The predicted octanol–water partition coefficient (Wildman–Crippen LogP) is 5.20. The number of methoxy groups -OCH3 is 2. The number of hydrogen-bond acceptors (Lipinski definition) is 6. The van der Waals surface area contributed by atoms with Crippen LogP contribution in [0.3, 0.4) is 0 Å². The van der Waals surface area contributed by atoms with Gasteiger partial charge in [0.15, 0.2) is 0 Å². The molecule has 8 heteroatoms. The Hall–Kier alpha value is -2.84. The molecule has 180 valence electrons. The van der Waals surface area contributed by atoms with Gasteiger partial charge in [-0.15, -0.1) is 22.7 Å². The summed E-state index contributed by atoms with van der Waals surface area (Å²) in [5.41, 5.74) is 0.619. The Labute approximate surface area is 208 Å². The highest BCUT2D eigenvalue weighted by Crippen LogP contribution is 2.35. The summed E-state index contributed by atoms with van der Waals surface area (Å²) in [6.07, 6.45) is 4.37. The highest BCUT2D eigenvalue weighted by Gasteiger charge is 2.35. The van der Waals surface area contributed by atoms with Crippen molar-refractivity contribution in [3.8, 4) is 11.5 Å². The largest absolute Gasteiger partial charge is 0.497 e. The second-order valence-electron chi connectivity index (χ2n) is 8.36.